The molecule has 322 valence electrons. The van der Waals surface area contributed by atoms with Crippen molar-refractivity contribution in [3.8, 4) is 0 Å². The van der Waals surface area contributed by atoms with Crippen LogP contribution in [0.1, 0.15) is 284 Å². The molecule has 0 aromatic heterocycles. The molecule has 0 saturated heterocycles. The van der Waals surface area contributed by atoms with Crippen molar-refractivity contribution in [2.75, 3.05) is 13.2 Å². The van der Waals surface area contributed by atoms with Crippen LogP contribution in [0.15, 0.2) is 0 Å². The Kier molecular flexibility index (Phi) is 45.3. The van der Waals surface area contributed by atoms with Crippen LogP contribution in [0.4, 0.5) is 0 Å². The second kappa shape index (κ2) is 46.3. The summed E-state index contributed by atoms with van der Waals surface area (Å²) in [6, 6.07) is 0. The SMILES string of the molecule is CCCCCCCCCCCCCCCCCCCCCCCCCCCCCCCCCCC(=O)OC(CO)COC(=O)CCCCCCCCCC. The molecule has 0 fully saturated rings. The predicted molar refractivity (Wildman–Crippen MR) is 233 cm³/mol. The van der Waals surface area contributed by atoms with E-state index >= 15 is 0 Å². The summed E-state index contributed by atoms with van der Waals surface area (Å²) in [7, 11) is 0. The molecule has 0 radical (unpaired) electrons. The van der Waals surface area contributed by atoms with Gasteiger partial charge in [0, 0.05) is 12.8 Å². The molecule has 5 heteroatoms. The molecule has 0 heterocycles. The van der Waals surface area contributed by atoms with Gasteiger partial charge >= 0.3 is 11.9 Å². The van der Waals surface area contributed by atoms with Crippen LogP contribution in [0.2, 0.25) is 0 Å². The predicted octanol–water partition coefficient (Wildman–Crippen LogP) is 15.9. The molecule has 0 aromatic rings. The van der Waals surface area contributed by atoms with Crippen LogP contribution in [-0.2, 0) is 19.1 Å². The number of unbranched alkanes of at least 4 members (excludes halogenated alkanes) is 38. The average molecular weight is 765 g/mol. The zero-order valence-electron chi connectivity index (χ0n) is 36.8. The van der Waals surface area contributed by atoms with Crippen molar-refractivity contribution < 1.29 is 24.2 Å². The Labute approximate surface area is 338 Å². The molecule has 0 saturated carbocycles. The maximum atomic E-state index is 12.2. The van der Waals surface area contributed by atoms with Gasteiger partial charge in [0.2, 0.25) is 0 Å². The number of esters is 2. The van der Waals surface area contributed by atoms with Gasteiger partial charge < -0.3 is 14.6 Å². The Morgan fingerprint density at radius 1 is 0.352 bits per heavy atom. The van der Waals surface area contributed by atoms with E-state index in [-0.39, 0.29) is 25.2 Å². The number of aliphatic hydroxyl groups is 1. The molecule has 1 N–H and O–H groups in total. The van der Waals surface area contributed by atoms with E-state index in [2.05, 4.69) is 13.8 Å². The fraction of sp³-hybridized carbons (Fsp3) is 0.959. The molecule has 0 rings (SSSR count). The van der Waals surface area contributed by atoms with Gasteiger partial charge in [-0.3, -0.25) is 9.59 Å². The first-order chi connectivity index (χ1) is 26.6. The molecule has 54 heavy (non-hydrogen) atoms. The summed E-state index contributed by atoms with van der Waals surface area (Å²) in [5.74, 6) is -0.578. The molecule has 0 aliphatic rings. The Hall–Kier alpha value is -1.10. The van der Waals surface area contributed by atoms with Gasteiger partial charge in [-0.15, -0.1) is 0 Å². The Morgan fingerprint density at radius 3 is 0.815 bits per heavy atom. The van der Waals surface area contributed by atoms with Crippen molar-refractivity contribution in [2.45, 2.75) is 290 Å². The summed E-state index contributed by atoms with van der Waals surface area (Å²) in [6.07, 6.45) is 53.8. The molecule has 0 aromatic carbocycles. The summed E-state index contributed by atoms with van der Waals surface area (Å²) in [4.78, 5) is 24.2. The van der Waals surface area contributed by atoms with Crippen LogP contribution in [0, 0.1) is 0 Å². The summed E-state index contributed by atoms with van der Waals surface area (Å²) >= 11 is 0. The van der Waals surface area contributed by atoms with Gasteiger partial charge in [-0.2, -0.15) is 0 Å². The number of carbonyl (C=O) groups excluding carboxylic acids is 2. The van der Waals surface area contributed by atoms with E-state index in [0.717, 1.165) is 38.5 Å². The smallest absolute Gasteiger partial charge is 0.306 e. The van der Waals surface area contributed by atoms with Crippen LogP contribution in [0.3, 0.4) is 0 Å². The highest BCUT2D eigenvalue weighted by Gasteiger charge is 2.16. The fourth-order valence-electron chi connectivity index (χ4n) is 7.68. The van der Waals surface area contributed by atoms with Gasteiger partial charge in [0.15, 0.2) is 6.10 Å². The second-order valence-corrected chi connectivity index (χ2v) is 16.9. The van der Waals surface area contributed by atoms with E-state index < -0.39 is 6.10 Å². The number of aliphatic hydroxyl groups excluding tert-OH is 1. The minimum absolute atomic E-state index is 0.0578. The zero-order valence-corrected chi connectivity index (χ0v) is 36.8. The highest BCUT2D eigenvalue weighted by atomic mass is 16.6. The molecular formula is C49H96O5. The topological polar surface area (TPSA) is 72.8 Å². The van der Waals surface area contributed by atoms with E-state index in [4.69, 9.17) is 9.47 Å². The molecular weight excluding hydrogens is 669 g/mol. The van der Waals surface area contributed by atoms with Gasteiger partial charge in [0.25, 0.3) is 0 Å². The first-order valence-corrected chi connectivity index (χ1v) is 24.6. The quantitative estimate of drug-likeness (QED) is 0.0494. The van der Waals surface area contributed by atoms with E-state index in [0.29, 0.717) is 12.8 Å². The van der Waals surface area contributed by atoms with Gasteiger partial charge in [-0.1, -0.05) is 258 Å². The second-order valence-electron chi connectivity index (χ2n) is 16.9. The molecule has 0 bridgehead atoms. The lowest BCUT2D eigenvalue weighted by molar-refractivity contribution is -0.161. The maximum absolute atomic E-state index is 12.2. The van der Waals surface area contributed by atoms with Crippen LogP contribution in [0.25, 0.3) is 0 Å². The van der Waals surface area contributed by atoms with E-state index in [1.54, 1.807) is 0 Å². The number of hydrogen-bond donors (Lipinski definition) is 1. The third kappa shape index (κ3) is 43.6. The molecule has 5 nitrogen and oxygen atoms in total. The summed E-state index contributed by atoms with van der Waals surface area (Å²) in [5, 5.41) is 9.54. The maximum Gasteiger partial charge on any atom is 0.306 e. The van der Waals surface area contributed by atoms with E-state index in [9.17, 15) is 14.7 Å². The first kappa shape index (κ1) is 52.9. The van der Waals surface area contributed by atoms with E-state index in [1.807, 2.05) is 0 Å². The van der Waals surface area contributed by atoms with Crippen molar-refractivity contribution in [3.63, 3.8) is 0 Å². The minimum atomic E-state index is -0.761. The fourth-order valence-corrected chi connectivity index (χ4v) is 7.68. The Balaban J connectivity index is 3.32. The molecule has 0 spiro atoms. The third-order valence-corrected chi connectivity index (χ3v) is 11.4. The van der Waals surface area contributed by atoms with Gasteiger partial charge in [0.05, 0.1) is 6.61 Å². The van der Waals surface area contributed by atoms with Gasteiger partial charge in [-0.25, -0.2) is 0 Å². The number of carbonyl (C=O) groups is 2. The standard InChI is InChI=1S/C49H96O5/c1-3-5-7-9-11-13-14-15-16-17-18-19-20-21-22-23-24-25-26-27-28-29-30-31-32-33-34-35-36-38-40-42-44-49(52)54-47(45-50)46-53-48(51)43-41-39-37-12-10-8-6-4-2/h47,50H,3-46H2,1-2H3. The highest BCUT2D eigenvalue weighted by molar-refractivity contribution is 5.70. The minimum Gasteiger partial charge on any atom is -0.462 e. The lowest BCUT2D eigenvalue weighted by atomic mass is 10.0. The van der Waals surface area contributed by atoms with Crippen LogP contribution in [0.5, 0.6) is 0 Å². The van der Waals surface area contributed by atoms with Gasteiger partial charge in [0.1, 0.15) is 6.61 Å². The molecule has 0 aliphatic heterocycles. The zero-order chi connectivity index (χ0) is 39.3. The van der Waals surface area contributed by atoms with Crippen LogP contribution >= 0.6 is 0 Å². The average Bonchev–Trinajstić information content (AvgIpc) is 3.17. The highest BCUT2D eigenvalue weighted by Crippen LogP contribution is 2.17. The Morgan fingerprint density at radius 2 is 0.574 bits per heavy atom. The Bertz CT molecular complexity index is 740. The number of hydrogen-bond acceptors (Lipinski definition) is 5. The normalized spacial score (nSPS) is 12.0. The monoisotopic (exact) mass is 765 g/mol. The van der Waals surface area contributed by atoms with Crippen LogP contribution < -0.4 is 0 Å². The lowest BCUT2D eigenvalue weighted by Crippen LogP contribution is -2.28. The summed E-state index contributed by atoms with van der Waals surface area (Å²) in [5.41, 5.74) is 0. The molecule has 1 unspecified atom stereocenters. The summed E-state index contributed by atoms with van der Waals surface area (Å²) in [6.45, 7) is 4.14. The molecule has 0 amide bonds. The van der Waals surface area contributed by atoms with Crippen molar-refractivity contribution in [3.05, 3.63) is 0 Å². The van der Waals surface area contributed by atoms with E-state index in [1.165, 1.54) is 218 Å². The van der Waals surface area contributed by atoms with Crippen LogP contribution in [-0.4, -0.2) is 36.4 Å². The molecule has 1 atom stereocenters. The lowest BCUT2D eigenvalue weighted by Gasteiger charge is -2.15. The number of ether oxygens (including phenoxy) is 2. The van der Waals surface area contributed by atoms with Crippen molar-refractivity contribution in [1.82, 2.24) is 0 Å². The van der Waals surface area contributed by atoms with Crippen molar-refractivity contribution in [2.24, 2.45) is 0 Å². The summed E-state index contributed by atoms with van der Waals surface area (Å²) < 4.78 is 10.6. The first-order valence-electron chi connectivity index (χ1n) is 24.6. The van der Waals surface area contributed by atoms with Gasteiger partial charge in [-0.05, 0) is 12.8 Å². The molecule has 0 aliphatic carbocycles. The van der Waals surface area contributed by atoms with Crippen molar-refractivity contribution in [1.29, 1.82) is 0 Å². The largest absolute Gasteiger partial charge is 0.462 e. The number of rotatable bonds is 46. The van der Waals surface area contributed by atoms with Crippen molar-refractivity contribution >= 4 is 11.9 Å². The third-order valence-electron chi connectivity index (χ3n) is 11.4.